The Kier molecular flexibility index (Phi) is 10.6. The summed E-state index contributed by atoms with van der Waals surface area (Å²) in [6, 6.07) is 0. The average Bonchev–Trinajstić information content (AvgIpc) is 0.811. The molecule has 0 aromatic carbocycles. The molecule has 0 N–H and O–H groups in total. The summed E-state index contributed by atoms with van der Waals surface area (Å²) >= 11 is 0. The van der Waals surface area contributed by atoms with Crippen LogP contribution >= 0.6 is 8.79 Å². The molecule has 3 radical (unpaired) electrons. The summed E-state index contributed by atoms with van der Waals surface area (Å²) in [5.74, 6) is 0. The zero-order valence-corrected chi connectivity index (χ0v) is 6.73. The predicted molar refractivity (Wildman–Crippen MR) is 27.1 cm³/mol. The Morgan fingerprint density at radius 2 is 1.80 bits per heavy atom. The van der Waals surface area contributed by atoms with Crippen molar-refractivity contribution in [1.29, 1.82) is 0 Å². The summed E-state index contributed by atoms with van der Waals surface area (Å²) in [5.41, 5.74) is 0. The second-order valence-electron chi connectivity index (χ2n) is 0.683. The van der Waals surface area contributed by atoms with Crippen molar-refractivity contribution >= 4 is 26.5 Å². The van der Waals surface area contributed by atoms with Gasteiger partial charge in [-0.3, -0.25) is 7.98 Å². The Balaban J connectivity index is 0. The van der Waals surface area contributed by atoms with Crippen LogP contribution < -0.4 is 18.9 Å². The van der Waals surface area contributed by atoms with E-state index in [-0.39, 0.29) is 26.8 Å². The van der Waals surface area contributed by atoms with Gasteiger partial charge in [0.05, 0.1) is 0 Å². The van der Waals surface area contributed by atoms with Gasteiger partial charge >= 0.3 is 18.9 Å². The topological polar surface area (TPSA) is 0 Å². The third kappa shape index (κ3) is 30.6. The van der Waals surface area contributed by atoms with Crippen LogP contribution in [0.15, 0.2) is 0 Å². The van der Waals surface area contributed by atoms with Crippen molar-refractivity contribution in [2.75, 3.05) is 0 Å². The van der Waals surface area contributed by atoms with Crippen LogP contribution in [0.3, 0.4) is 0 Å². The number of hydrogen-bond acceptors (Lipinski definition) is 0. The Morgan fingerprint density at radius 1 is 1.80 bits per heavy atom. The molecular weight excluding hydrogens is 106 g/mol. The van der Waals surface area contributed by atoms with Crippen molar-refractivity contribution in [3.63, 3.8) is 0 Å². The molecule has 0 bridgehead atoms. The van der Waals surface area contributed by atoms with E-state index in [9.17, 15) is 0 Å². The maximum Gasteiger partial charge on any atom is 1.00 e. The van der Waals surface area contributed by atoms with Crippen LogP contribution in [-0.4, -0.2) is 17.7 Å². The first kappa shape index (κ1) is 9.68. The molecule has 0 spiro atoms. The molecule has 0 amide bonds. The van der Waals surface area contributed by atoms with E-state index < -0.39 is 0 Å². The zero-order valence-electron chi connectivity index (χ0n) is 3.58. The third-order valence-electron chi connectivity index (χ3n) is 0. The van der Waals surface area contributed by atoms with Crippen molar-refractivity contribution in [3.8, 4) is 0 Å². The largest absolute Gasteiger partial charge is 1.00 e. The van der Waals surface area contributed by atoms with Gasteiger partial charge in [0.1, 0.15) is 0 Å². The quantitative estimate of drug-likeness (QED) is 0.233. The molecule has 0 saturated carbocycles. The van der Waals surface area contributed by atoms with E-state index in [0.717, 1.165) is 0 Å². The zero-order chi connectivity index (χ0) is 3.58. The van der Waals surface area contributed by atoms with Gasteiger partial charge < -0.3 is 8.79 Å². The fraction of sp³-hybridized carbons (Fsp3) is 1.00. The van der Waals surface area contributed by atoms with Gasteiger partial charge in [0.2, 0.25) is 0 Å². The average molecular weight is 111 g/mol. The van der Waals surface area contributed by atoms with Gasteiger partial charge in [0, 0.05) is 0 Å². The van der Waals surface area contributed by atoms with Crippen molar-refractivity contribution in [1.82, 2.24) is 0 Å². The molecule has 23 valence electrons. The molecule has 5 heavy (non-hydrogen) atoms. The van der Waals surface area contributed by atoms with Crippen LogP contribution in [0.4, 0.5) is 0 Å². The van der Waals surface area contributed by atoms with Gasteiger partial charge in [-0.25, -0.2) is 9.76 Å². The normalized spacial score (nSPS) is 7.20. The predicted octanol–water partition coefficient (Wildman–Crippen LogP) is -2.85. The van der Waals surface area contributed by atoms with Gasteiger partial charge in [-0.05, 0) is 0 Å². The van der Waals surface area contributed by atoms with E-state index in [2.05, 4.69) is 25.1 Å². The SMILES string of the molecule is C[Si-]([Si])P.[Li+]. The van der Waals surface area contributed by atoms with Crippen molar-refractivity contribution in [2.24, 2.45) is 0 Å². The Hall–Kier alpha value is 1.46. The van der Waals surface area contributed by atoms with E-state index in [1.807, 2.05) is 0 Å². The van der Waals surface area contributed by atoms with Gasteiger partial charge in [-0.1, -0.05) is 0 Å². The molecule has 1 unspecified atom stereocenters. The number of hydrogen-bond donors (Lipinski definition) is 0. The van der Waals surface area contributed by atoms with Crippen LogP contribution in [-0.2, 0) is 0 Å². The molecule has 0 aliphatic rings. The second kappa shape index (κ2) is 5.46. The second-order valence-corrected chi connectivity index (χ2v) is 8.75. The van der Waals surface area contributed by atoms with E-state index in [0.29, 0.717) is 0 Å². The Morgan fingerprint density at radius 3 is 1.80 bits per heavy atom. The van der Waals surface area contributed by atoms with Crippen molar-refractivity contribution < 1.29 is 18.9 Å². The van der Waals surface area contributed by atoms with Crippen molar-refractivity contribution in [3.05, 3.63) is 0 Å². The fourth-order valence-electron chi connectivity index (χ4n) is 0. The monoisotopic (exact) mass is 111 g/mol. The Bertz CT molecular complexity index is 14.4. The first-order valence-corrected chi connectivity index (χ1v) is 6.35. The summed E-state index contributed by atoms with van der Waals surface area (Å²) in [4.78, 5) is 0. The molecular formula is CH5LiPSi2. The van der Waals surface area contributed by atoms with Crippen LogP contribution in [0.25, 0.3) is 0 Å². The summed E-state index contributed by atoms with van der Waals surface area (Å²) in [6.45, 7) is 2.15. The molecule has 0 aliphatic carbocycles. The van der Waals surface area contributed by atoms with E-state index in [1.54, 1.807) is 0 Å². The third-order valence-corrected chi connectivity index (χ3v) is 0. The fourth-order valence-corrected chi connectivity index (χ4v) is 0. The van der Waals surface area contributed by atoms with Crippen molar-refractivity contribution in [2.45, 2.75) is 6.55 Å². The molecule has 0 heterocycles. The van der Waals surface area contributed by atoms with Gasteiger partial charge in [-0.2, -0.15) is 6.55 Å². The molecule has 0 fully saturated rings. The summed E-state index contributed by atoms with van der Waals surface area (Å²) in [6.07, 6.45) is 0. The maximum absolute atomic E-state index is 3.38. The summed E-state index contributed by atoms with van der Waals surface area (Å²) in [7, 11) is 5.89. The van der Waals surface area contributed by atoms with E-state index >= 15 is 0 Å². The molecule has 1 atom stereocenters. The maximum atomic E-state index is 3.38. The smallest absolute Gasteiger partial charge is 0.312 e. The molecule has 0 aromatic rings. The van der Waals surface area contributed by atoms with Crippen LogP contribution in [0.5, 0.6) is 0 Å². The first-order chi connectivity index (χ1) is 1.73. The summed E-state index contributed by atoms with van der Waals surface area (Å²) in [5, 5.41) is 0. The van der Waals surface area contributed by atoms with E-state index in [1.165, 1.54) is 0 Å². The van der Waals surface area contributed by atoms with Crippen LogP contribution in [0, 0.1) is 0 Å². The van der Waals surface area contributed by atoms with E-state index in [4.69, 9.17) is 0 Å². The minimum Gasteiger partial charge on any atom is -0.312 e. The standard InChI is InChI=1S/CH5PSi2.Li/c1-4(2)3;/h2H2,1H3;/q-1;+1. The molecule has 4 heteroatoms. The van der Waals surface area contributed by atoms with Gasteiger partial charge in [0.15, 0.2) is 0 Å². The van der Waals surface area contributed by atoms with Gasteiger partial charge in [0.25, 0.3) is 0 Å². The first-order valence-electron chi connectivity index (χ1n) is 1.04. The minimum absolute atomic E-state index is 0. The molecule has 0 nitrogen and oxygen atoms in total. The van der Waals surface area contributed by atoms with Crippen LogP contribution in [0.1, 0.15) is 0 Å². The number of rotatable bonds is 0. The molecule has 0 saturated heterocycles. The minimum atomic E-state index is -0.157. The molecule has 0 aliphatic heterocycles. The molecule has 0 aromatic heterocycles. The van der Waals surface area contributed by atoms with Gasteiger partial charge in [-0.15, -0.1) is 0 Å². The Labute approximate surface area is 52.2 Å². The van der Waals surface area contributed by atoms with Crippen LogP contribution in [0.2, 0.25) is 6.55 Å². The summed E-state index contributed by atoms with van der Waals surface area (Å²) < 4.78 is 0. The molecule has 0 rings (SSSR count).